The molecule has 0 radical (unpaired) electrons. The van der Waals surface area contributed by atoms with Gasteiger partial charge in [-0.2, -0.15) is 0 Å². The molecule has 0 unspecified atom stereocenters. The van der Waals surface area contributed by atoms with Crippen LogP contribution in [0.3, 0.4) is 0 Å². The zero-order chi connectivity index (χ0) is 19.8. The van der Waals surface area contributed by atoms with Crippen molar-refractivity contribution in [3.8, 4) is 22.6 Å². The second-order valence-electron chi connectivity index (χ2n) is 5.75. The van der Waals surface area contributed by atoms with Crippen LogP contribution in [0, 0.1) is 12.7 Å². The molecule has 3 rings (SSSR count). The van der Waals surface area contributed by atoms with Crippen LogP contribution >= 0.6 is 11.6 Å². The molecule has 0 spiro atoms. The average Bonchev–Trinajstić information content (AvgIpc) is 2.57. The molecule has 8 heteroatoms. The minimum Gasteiger partial charge on any atom is -0.406 e. The van der Waals surface area contributed by atoms with Crippen LogP contribution in [-0.2, 0) is 0 Å². The minimum atomic E-state index is -4.80. The molecular formula is C19H12ClF4NO2. The molecule has 0 aliphatic carbocycles. The van der Waals surface area contributed by atoms with E-state index in [1.165, 1.54) is 41.1 Å². The Balaban J connectivity index is 2.04. The molecule has 0 aliphatic rings. The molecule has 0 atom stereocenters. The van der Waals surface area contributed by atoms with E-state index in [2.05, 4.69) is 4.74 Å². The van der Waals surface area contributed by atoms with Crippen molar-refractivity contribution in [3.63, 3.8) is 0 Å². The van der Waals surface area contributed by atoms with Crippen LogP contribution in [0.25, 0.3) is 16.8 Å². The Kier molecular flexibility index (Phi) is 4.97. The van der Waals surface area contributed by atoms with Gasteiger partial charge in [-0.3, -0.25) is 9.36 Å². The largest absolute Gasteiger partial charge is 0.573 e. The van der Waals surface area contributed by atoms with Crippen LogP contribution in [0.15, 0.2) is 59.5 Å². The molecule has 2 aromatic carbocycles. The Bertz CT molecular complexity index is 1040. The van der Waals surface area contributed by atoms with E-state index in [4.69, 9.17) is 11.6 Å². The van der Waals surface area contributed by atoms with Crippen LogP contribution < -0.4 is 10.3 Å². The highest BCUT2D eigenvalue weighted by atomic mass is 35.5. The van der Waals surface area contributed by atoms with E-state index in [1.807, 2.05) is 0 Å². The van der Waals surface area contributed by atoms with E-state index in [0.717, 1.165) is 12.1 Å². The Hall–Kier alpha value is -2.80. The van der Waals surface area contributed by atoms with Crippen molar-refractivity contribution in [1.29, 1.82) is 0 Å². The van der Waals surface area contributed by atoms with E-state index < -0.39 is 17.9 Å². The first-order valence-corrected chi connectivity index (χ1v) is 8.07. The average molecular weight is 398 g/mol. The van der Waals surface area contributed by atoms with Gasteiger partial charge in [0, 0.05) is 23.5 Å². The lowest BCUT2D eigenvalue weighted by molar-refractivity contribution is -0.274. The van der Waals surface area contributed by atoms with Gasteiger partial charge in [-0.1, -0.05) is 17.7 Å². The third kappa shape index (κ3) is 4.31. The molecular weight excluding hydrogens is 386 g/mol. The zero-order valence-corrected chi connectivity index (χ0v) is 14.6. The first kappa shape index (κ1) is 19.0. The number of halogens is 5. The predicted octanol–water partition coefficient (Wildman–Crippen LogP) is 5.50. The van der Waals surface area contributed by atoms with Gasteiger partial charge in [0.05, 0.1) is 5.02 Å². The van der Waals surface area contributed by atoms with Gasteiger partial charge in [-0.15, -0.1) is 13.2 Å². The topological polar surface area (TPSA) is 31.2 Å². The van der Waals surface area contributed by atoms with Gasteiger partial charge in [0.15, 0.2) is 0 Å². The lowest BCUT2D eigenvalue weighted by Gasteiger charge is -2.13. The summed E-state index contributed by atoms with van der Waals surface area (Å²) in [5.41, 5.74) is 1.68. The van der Waals surface area contributed by atoms with Crippen LogP contribution in [0.5, 0.6) is 5.75 Å². The summed E-state index contributed by atoms with van der Waals surface area (Å²) in [5.74, 6) is -0.994. The number of benzene rings is 2. The van der Waals surface area contributed by atoms with Crippen molar-refractivity contribution in [1.82, 2.24) is 4.57 Å². The number of alkyl halides is 3. The van der Waals surface area contributed by atoms with E-state index in [0.29, 0.717) is 22.4 Å². The van der Waals surface area contributed by atoms with Gasteiger partial charge in [-0.05, 0) is 54.4 Å². The number of rotatable bonds is 3. The molecule has 0 N–H and O–H groups in total. The van der Waals surface area contributed by atoms with Gasteiger partial charge < -0.3 is 4.74 Å². The monoisotopic (exact) mass is 397 g/mol. The fraction of sp³-hybridized carbons (Fsp3) is 0.105. The summed E-state index contributed by atoms with van der Waals surface area (Å²) in [6.45, 7) is 1.70. The van der Waals surface area contributed by atoms with Crippen molar-refractivity contribution >= 4 is 11.6 Å². The predicted molar refractivity (Wildman–Crippen MR) is 93.9 cm³/mol. The Morgan fingerprint density at radius 2 is 1.70 bits per heavy atom. The molecule has 140 valence electrons. The summed E-state index contributed by atoms with van der Waals surface area (Å²) in [6.07, 6.45) is -3.30. The smallest absolute Gasteiger partial charge is 0.406 e. The molecule has 1 heterocycles. The lowest BCUT2D eigenvalue weighted by Crippen LogP contribution is -2.19. The third-order valence-electron chi connectivity index (χ3n) is 3.84. The second-order valence-corrected chi connectivity index (χ2v) is 6.16. The molecule has 27 heavy (non-hydrogen) atoms. The van der Waals surface area contributed by atoms with Gasteiger partial charge in [-0.25, -0.2) is 4.39 Å². The van der Waals surface area contributed by atoms with Crippen molar-refractivity contribution in [3.05, 3.63) is 81.5 Å². The van der Waals surface area contributed by atoms with Crippen LogP contribution in [0.4, 0.5) is 17.6 Å². The SMILES string of the molecule is Cc1cc(=O)n(-c2ccc(OC(F)(F)F)cc2)cc1-c1ccc(Cl)c(F)c1. The van der Waals surface area contributed by atoms with Crippen LogP contribution in [-0.4, -0.2) is 10.9 Å². The number of aryl methyl sites for hydroxylation is 1. The highest BCUT2D eigenvalue weighted by Gasteiger charge is 2.31. The fourth-order valence-corrected chi connectivity index (χ4v) is 2.72. The Labute approximate surface area is 156 Å². The normalized spacial score (nSPS) is 11.5. The first-order valence-electron chi connectivity index (χ1n) is 7.69. The van der Waals surface area contributed by atoms with E-state index >= 15 is 0 Å². The van der Waals surface area contributed by atoms with Gasteiger partial charge in [0.2, 0.25) is 0 Å². The summed E-state index contributed by atoms with van der Waals surface area (Å²) in [6, 6.07) is 10.5. The number of pyridine rings is 1. The lowest BCUT2D eigenvalue weighted by atomic mass is 10.0. The first-order chi connectivity index (χ1) is 12.6. The molecule has 0 bridgehead atoms. The maximum atomic E-state index is 13.8. The number of nitrogens with zero attached hydrogens (tertiary/aromatic N) is 1. The number of ether oxygens (including phenoxy) is 1. The third-order valence-corrected chi connectivity index (χ3v) is 4.15. The van der Waals surface area contributed by atoms with Crippen LogP contribution in [0.2, 0.25) is 5.02 Å². The molecule has 1 aromatic heterocycles. The van der Waals surface area contributed by atoms with Gasteiger partial charge >= 0.3 is 6.36 Å². The maximum absolute atomic E-state index is 13.8. The highest BCUT2D eigenvalue weighted by molar-refractivity contribution is 6.30. The Morgan fingerprint density at radius 1 is 1.04 bits per heavy atom. The minimum absolute atomic E-state index is 0.0232. The van der Waals surface area contributed by atoms with Gasteiger partial charge in [0.1, 0.15) is 11.6 Å². The number of aromatic nitrogens is 1. The van der Waals surface area contributed by atoms with E-state index in [-0.39, 0.29) is 10.6 Å². The van der Waals surface area contributed by atoms with E-state index in [9.17, 15) is 22.4 Å². The Morgan fingerprint density at radius 3 is 2.30 bits per heavy atom. The summed E-state index contributed by atoms with van der Waals surface area (Å²) >= 11 is 5.70. The second kappa shape index (κ2) is 7.08. The fourth-order valence-electron chi connectivity index (χ4n) is 2.60. The highest BCUT2D eigenvalue weighted by Crippen LogP contribution is 2.27. The van der Waals surface area contributed by atoms with Gasteiger partial charge in [0.25, 0.3) is 5.56 Å². The van der Waals surface area contributed by atoms with Crippen molar-refractivity contribution in [2.24, 2.45) is 0 Å². The molecule has 0 amide bonds. The summed E-state index contributed by atoms with van der Waals surface area (Å²) in [4.78, 5) is 12.3. The molecule has 3 nitrogen and oxygen atoms in total. The maximum Gasteiger partial charge on any atom is 0.573 e. The summed E-state index contributed by atoms with van der Waals surface area (Å²) in [7, 11) is 0. The quantitative estimate of drug-likeness (QED) is 0.546. The number of hydrogen-bond donors (Lipinski definition) is 0. The molecule has 0 fully saturated rings. The summed E-state index contributed by atoms with van der Waals surface area (Å²) in [5, 5.41) is -0.0232. The standard InChI is InChI=1S/C19H12ClF4NO2/c1-11-8-18(26)25(10-15(11)12-2-7-16(20)17(21)9-12)13-3-5-14(6-4-13)27-19(22,23)24/h2-10H,1H3. The molecule has 3 aromatic rings. The van der Waals surface area contributed by atoms with Crippen molar-refractivity contribution in [2.75, 3.05) is 0 Å². The number of hydrogen-bond acceptors (Lipinski definition) is 2. The van der Waals surface area contributed by atoms with Crippen molar-refractivity contribution in [2.45, 2.75) is 13.3 Å². The molecule has 0 aliphatic heterocycles. The summed E-state index contributed by atoms with van der Waals surface area (Å²) < 4.78 is 55.6. The molecule has 0 saturated carbocycles. The van der Waals surface area contributed by atoms with E-state index in [1.54, 1.807) is 13.0 Å². The zero-order valence-electron chi connectivity index (χ0n) is 13.8. The van der Waals surface area contributed by atoms with Crippen LogP contribution in [0.1, 0.15) is 5.56 Å². The molecule has 0 saturated heterocycles. The van der Waals surface area contributed by atoms with Crippen molar-refractivity contribution < 1.29 is 22.3 Å².